The normalized spacial score (nSPS) is 17.0. The second-order valence-corrected chi connectivity index (χ2v) is 6.18. The third kappa shape index (κ3) is 3.80. The molecule has 1 aliphatic heterocycles. The van der Waals surface area contributed by atoms with Gasteiger partial charge in [-0.3, -0.25) is 4.79 Å². The van der Waals surface area contributed by atoms with Gasteiger partial charge in [-0.05, 0) is 29.8 Å². The van der Waals surface area contributed by atoms with Crippen LogP contribution in [0.1, 0.15) is 17.2 Å². The van der Waals surface area contributed by atoms with E-state index in [4.69, 9.17) is 9.47 Å². The minimum absolute atomic E-state index is 0.0384. The fourth-order valence-corrected chi connectivity index (χ4v) is 3.37. The van der Waals surface area contributed by atoms with E-state index in [2.05, 4.69) is 5.32 Å². The van der Waals surface area contributed by atoms with E-state index in [0.29, 0.717) is 31.1 Å². The molecule has 5 nitrogen and oxygen atoms in total. The summed E-state index contributed by atoms with van der Waals surface area (Å²) in [4.78, 5) is 14.9. The van der Waals surface area contributed by atoms with Crippen molar-refractivity contribution in [3.05, 3.63) is 59.4 Å². The third-order valence-corrected chi connectivity index (χ3v) is 4.66. The monoisotopic (exact) mass is 358 g/mol. The maximum Gasteiger partial charge on any atom is 0.227 e. The Morgan fingerprint density at radius 2 is 1.88 bits per heavy atom. The summed E-state index contributed by atoms with van der Waals surface area (Å²) < 4.78 is 24.4. The third-order valence-electron chi connectivity index (χ3n) is 4.66. The summed E-state index contributed by atoms with van der Waals surface area (Å²) in [7, 11) is 3.15. The first-order chi connectivity index (χ1) is 12.6. The van der Waals surface area contributed by atoms with Gasteiger partial charge in [0.25, 0.3) is 0 Å². The molecule has 0 bridgehead atoms. The van der Waals surface area contributed by atoms with Crippen LogP contribution in [0.25, 0.3) is 0 Å². The lowest BCUT2D eigenvalue weighted by molar-refractivity contribution is -0.133. The molecule has 0 saturated carbocycles. The van der Waals surface area contributed by atoms with Gasteiger partial charge in [-0.15, -0.1) is 0 Å². The van der Waals surface area contributed by atoms with E-state index in [0.717, 1.165) is 11.1 Å². The highest BCUT2D eigenvalue weighted by atomic mass is 19.1. The second-order valence-electron chi connectivity index (χ2n) is 6.18. The topological polar surface area (TPSA) is 50.8 Å². The Hall–Kier alpha value is -2.60. The van der Waals surface area contributed by atoms with Gasteiger partial charge >= 0.3 is 0 Å². The van der Waals surface area contributed by atoms with Crippen molar-refractivity contribution in [2.75, 3.05) is 33.9 Å². The fourth-order valence-electron chi connectivity index (χ4n) is 3.37. The first kappa shape index (κ1) is 18.2. The molecule has 1 heterocycles. The van der Waals surface area contributed by atoms with E-state index in [1.807, 2.05) is 24.3 Å². The van der Waals surface area contributed by atoms with Gasteiger partial charge in [0.1, 0.15) is 17.3 Å². The van der Waals surface area contributed by atoms with Crippen LogP contribution in [0, 0.1) is 5.82 Å². The quantitative estimate of drug-likeness (QED) is 0.893. The van der Waals surface area contributed by atoms with E-state index in [-0.39, 0.29) is 24.2 Å². The molecular formula is C20H23FN2O3. The molecular weight excluding hydrogens is 335 g/mol. The van der Waals surface area contributed by atoms with Crippen LogP contribution in [-0.2, 0) is 11.2 Å². The lowest BCUT2D eigenvalue weighted by Gasteiger charge is -2.37. The lowest BCUT2D eigenvalue weighted by Crippen LogP contribution is -2.49. The second kappa shape index (κ2) is 8.19. The van der Waals surface area contributed by atoms with Crippen molar-refractivity contribution in [1.82, 2.24) is 10.2 Å². The van der Waals surface area contributed by atoms with Crippen LogP contribution in [0.5, 0.6) is 11.5 Å². The van der Waals surface area contributed by atoms with E-state index >= 15 is 0 Å². The fraction of sp³-hybridized carbons (Fsp3) is 0.350. The largest absolute Gasteiger partial charge is 0.496 e. The summed E-state index contributed by atoms with van der Waals surface area (Å²) in [6, 6.07) is 11.7. The number of hydrogen-bond donors (Lipinski definition) is 1. The summed E-state index contributed by atoms with van der Waals surface area (Å²) in [5.74, 6) is 0.903. The summed E-state index contributed by atoms with van der Waals surface area (Å²) in [6.07, 6.45) is 0.166. The number of piperazine rings is 1. The van der Waals surface area contributed by atoms with Crippen molar-refractivity contribution >= 4 is 5.91 Å². The van der Waals surface area contributed by atoms with Gasteiger partial charge in [-0.2, -0.15) is 0 Å². The molecule has 2 aromatic rings. The summed E-state index contributed by atoms with van der Waals surface area (Å²) in [5.41, 5.74) is 1.51. The number of carbonyl (C=O) groups is 1. The predicted octanol–water partition coefficient (Wildman–Crippen LogP) is 2.56. The molecule has 1 atom stereocenters. The molecule has 1 unspecified atom stereocenters. The highest BCUT2D eigenvalue weighted by molar-refractivity contribution is 5.81. The van der Waals surface area contributed by atoms with Crippen molar-refractivity contribution in [3.63, 3.8) is 0 Å². The SMILES string of the molecule is COc1cccc(OC)c1CC(=O)N1CCNCC1c1cccc(F)c1. The van der Waals surface area contributed by atoms with E-state index < -0.39 is 0 Å². The van der Waals surface area contributed by atoms with Crippen LogP contribution >= 0.6 is 0 Å². The van der Waals surface area contributed by atoms with E-state index in [9.17, 15) is 9.18 Å². The summed E-state index contributed by atoms with van der Waals surface area (Å²) >= 11 is 0. The average molecular weight is 358 g/mol. The number of rotatable bonds is 5. The standard InChI is InChI=1S/C20H23FN2O3/c1-25-18-7-4-8-19(26-2)16(18)12-20(24)23-10-9-22-13-17(23)14-5-3-6-15(21)11-14/h3-8,11,17,22H,9-10,12-13H2,1-2H3. The van der Waals surface area contributed by atoms with Crippen molar-refractivity contribution in [2.45, 2.75) is 12.5 Å². The molecule has 6 heteroatoms. The number of amides is 1. The highest BCUT2D eigenvalue weighted by Crippen LogP contribution is 2.31. The molecule has 0 radical (unpaired) electrons. The zero-order valence-corrected chi connectivity index (χ0v) is 15.0. The molecule has 26 heavy (non-hydrogen) atoms. The minimum atomic E-state index is -0.299. The Labute approximate surface area is 152 Å². The zero-order valence-electron chi connectivity index (χ0n) is 15.0. The molecule has 0 spiro atoms. The molecule has 1 fully saturated rings. The van der Waals surface area contributed by atoms with Gasteiger partial charge in [-0.25, -0.2) is 4.39 Å². The number of hydrogen-bond acceptors (Lipinski definition) is 4. The Balaban J connectivity index is 1.86. The molecule has 138 valence electrons. The number of halogens is 1. The van der Waals surface area contributed by atoms with Crippen molar-refractivity contribution in [3.8, 4) is 11.5 Å². The number of methoxy groups -OCH3 is 2. The van der Waals surface area contributed by atoms with Crippen LogP contribution in [0.15, 0.2) is 42.5 Å². The number of ether oxygens (including phenoxy) is 2. The predicted molar refractivity (Wildman–Crippen MR) is 97.0 cm³/mol. The maximum atomic E-state index is 13.6. The smallest absolute Gasteiger partial charge is 0.227 e. The van der Waals surface area contributed by atoms with Crippen LogP contribution in [0.2, 0.25) is 0 Å². The van der Waals surface area contributed by atoms with Crippen LogP contribution in [0.3, 0.4) is 0 Å². The molecule has 0 aliphatic carbocycles. The minimum Gasteiger partial charge on any atom is -0.496 e. The van der Waals surface area contributed by atoms with Gasteiger partial charge in [-0.1, -0.05) is 18.2 Å². The molecule has 1 amide bonds. The molecule has 1 N–H and O–H groups in total. The van der Waals surface area contributed by atoms with Crippen LogP contribution in [0.4, 0.5) is 4.39 Å². The summed E-state index contributed by atoms with van der Waals surface area (Å²) in [5, 5.41) is 3.28. The van der Waals surface area contributed by atoms with Gasteiger partial charge in [0.15, 0.2) is 0 Å². The Morgan fingerprint density at radius 1 is 1.19 bits per heavy atom. The number of nitrogens with zero attached hydrogens (tertiary/aromatic N) is 1. The van der Waals surface area contributed by atoms with Gasteiger partial charge in [0.2, 0.25) is 5.91 Å². The van der Waals surface area contributed by atoms with Crippen molar-refractivity contribution < 1.29 is 18.7 Å². The lowest BCUT2D eigenvalue weighted by atomic mass is 10.0. The Morgan fingerprint density at radius 3 is 2.54 bits per heavy atom. The Bertz CT molecular complexity index is 759. The van der Waals surface area contributed by atoms with E-state index in [1.165, 1.54) is 12.1 Å². The molecule has 2 aromatic carbocycles. The van der Waals surface area contributed by atoms with Crippen molar-refractivity contribution in [1.29, 1.82) is 0 Å². The van der Waals surface area contributed by atoms with Crippen molar-refractivity contribution in [2.24, 2.45) is 0 Å². The number of carbonyl (C=O) groups excluding carboxylic acids is 1. The van der Waals surface area contributed by atoms with Gasteiger partial charge < -0.3 is 19.7 Å². The highest BCUT2D eigenvalue weighted by Gasteiger charge is 2.29. The van der Waals surface area contributed by atoms with Gasteiger partial charge in [0, 0.05) is 25.2 Å². The van der Waals surface area contributed by atoms with Crippen LogP contribution in [-0.4, -0.2) is 44.7 Å². The molecule has 0 aromatic heterocycles. The number of benzene rings is 2. The molecule has 1 saturated heterocycles. The molecule has 3 rings (SSSR count). The average Bonchev–Trinajstić information content (AvgIpc) is 2.68. The van der Waals surface area contributed by atoms with Crippen LogP contribution < -0.4 is 14.8 Å². The molecule has 1 aliphatic rings. The Kier molecular flexibility index (Phi) is 5.73. The summed E-state index contributed by atoms with van der Waals surface area (Å²) in [6.45, 7) is 1.87. The maximum absolute atomic E-state index is 13.6. The van der Waals surface area contributed by atoms with E-state index in [1.54, 1.807) is 25.2 Å². The first-order valence-electron chi connectivity index (χ1n) is 8.59. The van der Waals surface area contributed by atoms with Gasteiger partial charge in [0.05, 0.1) is 26.7 Å². The number of nitrogens with one attached hydrogen (secondary N) is 1. The zero-order chi connectivity index (χ0) is 18.5. The first-order valence-corrected chi connectivity index (χ1v) is 8.59.